The number of ether oxygens (including phenoxy) is 1. The second-order valence-electron chi connectivity index (χ2n) is 6.45. The Labute approximate surface area is 182 Å². The van der Waals surface area contributed by atoms with Gasteiger partial charge in [0.2, 0.25) is 0 Å². The van der Waals surface area contributed by atoms with Gasteiger partial charge in [0.05, 0.1) is 34.5 Å². The Morgan fingerprint density at radius 1 is 1.07 bits per heavy atom. The van der Waals surface area contributed by atoms with Crippen LogP contribution in [0.2, 0.25) is 5.02 Å². The minimum atomic E-state index is -0.231. The Bertz CT molecular complexity index is 1300. The van der Waals surface area contributed by atoms with E-state index in [0.29, 0.717) is 38.1 Å². The minimum absolute atomic E-state index is 0.0907. The van der Waals surface area contributed by atoms with Gasteiger partial charge in [0.1, 0.15) is 5.75 Å². The number of Topliss-reactive ketones (excluding diaryl/α,β-unsaturated/α-hetero) is 1. The largest absolute Gasteiger partial charge is 0.497 e. The van der Waals surface area contributed by atoms with Crippen LogP contribution >= 0.6 is 23.4 Å². The number of nitrogens with zero attached hydrogens (tertiary/aromatic N) is 2. The fraction of sp³-hybridized carbons (Fsp3) is 0.0870. The van der Waals surface area contributed by atoms with Crippen LogP contribution in [0.25, 0.3) is 16.6 Å². The number of fused-ring (bicyclic) bond motifs is 1. The number of methoxy groups -OCH3 is 1. The lowest BCUT2D eigenvalue weighted by Crippen LogP contribution is -2.22. The Kier molecular flexibility index (Phi) is 5.88. The summed E-state index contributed by atoms with van der Waals surface area (Å²) in [6.07, 6.45) is 0. The highest BCUT2D eigenvalue weighted by Gasteiger charge is 2.17. The molecule has 0 atom stereocenters. The van der Waals surface area contributed by atoms with Crippen molar-refractivity contribution in [3.05, 3.63) is 93.7 Å². The van der Waals surface area contributed by atoms with Crippen molar-refractivity contribution in [1.82, 2.24) is 9.55 Å². The van der Waals surface area contributed by atoms with E-state index in [0.717, 1.165) is 0 Å². The number of hydrogen-bond acceptors (Lipinski definition) is 5. The van der Waals surface area contributed by atoms with Crippen molar-refractivity contribution in [2.75, 3.05) is 12.9 Å². The lowest BCUT2D eigenvalue weighted by molar-refractivity contribution is 0.102. The quantitative estimate of drug-likeness (QED) is 0.241. The lowest BCUT2D eigenvalue weighted by atomic mass is 10.1. The van der Waals surface area contributed by atoms with Crippen LogP contribution in [-0.2, 0) is 0 Å². The number of hydrogen-bond donors (Lipinski definition) is 0. The fourth-order valence-corrected chi connectivity index (χ4v) is 4.18. The van der Waals surface area contributed by atoms with Gasteiger partial charge in [-0.25, -0.2) is 4.98 Å². The van der Waals surface area contributed by atoms with Crippen LogP contribution in [0, 0.1) is 0 Å². The highest BCUT2D eigenvalue weighted by Crippen LogP contribution is 2.26. The number of para-hydroxylation sites is 2. The van der Waals surface area contributed by atoms with E-state index < -0.39 is 0 Å². The third-order valence-electron chi connectivity index (χ3n) is 4.56. The summed E-state index contributed by atoms with van der Waals surface area (Å²) in [5.74, 6) is 0.636. The van der Waals surface area contributed by atoms with Gasteiger partial charge in [-0.05, 0) is 36.4 Å². The van der Waals surface area contributed by atoms with E-state index in [1.165, 1.54) is 16.3 Å². The molecule has 0 amide bonds. The number of ketones is 1. The van der Waals surface area contributed by atoms with Crippen molar-refractivity contribution >= 4 is 40.0 Å². The van der Waals surface area contributed by atoms with Gasteiger partial charge in [-0.15, -0.1) is 0 Å². The minimum Gasteiger partial charge on any atom is -0.497 e. The average molecular weight is 437 g/mol. The molecule has 0 saturated carbocycles. The molecule has 1 aromatic heterocycles. The molecule has 0 aliphatic rings. The molecule has 5 nitrogen and oxygen atoms in total. The summed E-state index contributed by atoms with van der Waals surface area (Å²) < 4.78 is 6.66. The maximum atomic E-state index is 13.2. The standard InChI is InChI=1S/C23H17ClN2O3S/c1-29-16-8-6-7-15(13-16)21(27)14-30-23-25-19-11-4-2-9-17(19)22(28)26(23)20-12-5-3-10-18(20)24/h2-13H,14H2,1H3. The molecule has 7 heteroatoms. The van der Waals surface area contributed by atoms with E-state index in [2.05, 4.69) is 4.98 Å². The van der Waals surface area contributed by atoms with Crippen LogP contribution in [0.15, 0.2) is 82.7 Å². The number of benzene rings is 3. The first kappa shape index (κ1) is 20.2. The van der Waals surface area contributed by atoms with Crippen molar-refractivity contribution < 1.29 is 9.53 Å². The van der Waals surface area contributed by atoms with Crippen LogP contribution in [-0.4, -0.2) is 28.2 Å². The van der Waals surface area contributed by atoms with Crippen LogP contribution in [0.4, 0.5) is 0 Å². The van der Waals surface area contributed by atoms with Gasteiger partial charge in [0.15, 0.2) is 10.9 Å². The summed E-state index contributed by atoms with van der Waals surface area (Å²) in [5, 5.41) is 1.32. The fourth-order valence-electron chi connectivity index (χ4n) is 3.06. The molecule has 3 aromatic carbocycles. The van der Waals surface area contributed by atoms with Crippen molar-refractivity contribution in [3.8, 4) is 11.4 Å². The van der Waals surface area contributed by atoms with Gasteiger partial charge in [-0.2, -0.15) is 0 Å². The Balaban J connectivity index is 1.76. The van der Waals surface area contributed by atoms with Crippen LogP contribution < -0.4 is 10.3 Å². The summed E-state index contributed by atoms with van der Waals surface area (Å²) in [6.45, 7) is 0. The van der Waals surface area contributed by atoms with E-state index in [1.807, 2.05) is 6.07 Å². The molecule has 0 spiro atoms. The third-order valence-corrected chi connectivity index (χ3v) is 5.82. The maximum Gasteiger partial charge on any atom is 0.266 e. The van der Waals surface area contributed by atoms with Gasteiger partial charge in [-0.3, -0.25) is 14.2 Å². The van der Waals surface area contributed by atoms with E-state index in [4.69, 9.17) is 16.3 Å². The molecule has 4 aromatic rings. The second-order valence-corrected chi connectivity index (χ2v) is 7.80. The molecule has 4 rings (SSSR count). The zero-order valence-corrected chi connectivity index (χ0v) is 17.6. The third kappa shape index (κ3) is 3.97. The molecule has 0 aliphatic carbocycles. The van der Waals surface area contributed by atoms with Crippen molar-refractivity contribution in [2.45, 2.75) is 5.16 Å². The second kappa shape index (κ2) is 8.73. The molecule has 1 heterocycles. The molecule has 0 bridgehead atoms. The predicted octanol–water partition coefficient (Wildman–Crippen LogP) is 5.02. The SMILES string of the molecule is COc1cccc(C(=O)CSc2nc3ccccc3c(=O)n2-c2ccccc2Cl)c1. The zero-order chi connectivity index (χ0) is 21.1. The maximum absolute atomic E-state index is 13.2. The van der Waals surface area contributed by atoms with Gasteiger partial charge >= 0.3 is 0 Å². The first-order valence-corrected chi connectivity index (χ1v) is 10.5. The van der Waals surface area contributed by atoms with Gasteiger partial charge in [0.25, 0.3) is 5.56 Å². The molecular weight excluding hydrogens is 420 g/mol. The van der Waals surface area contributed by atoms with Gasteiger partial charge < -0.3 is 4.74 Å². The molecule has 30 heavy (non-hydrogen) atoms. The summed E-state index contributed by atoms with van der Waals surface area (Å²) in [7, 11) is 1.56. The molecule has 0 fully saturated rings. The zero-order valence-electron chi connectivity index (χ0n) is 16.0. The van der Waals surface area contributed by atoms with Crippen LogP contribution in [0.1, 0.15) is 10.4 Å². The predicted molar refractivity (Wildman–Crippen MR) is 120 cm³/mol. The van der Waals surface area contributed by atoms with E-state index in [-0.39, 0.29) is 17.1 Å². The van der Waals surface area contributed by atoms with Crippen LogP contribution in [0.3, 0.4) is 0 Å². The van der Waals surface area contributed by atoms with Crippen molar-refractivity contribution in [2.24, 2.45) is 0 Å². The number of aromatic nitrogens is 2. The Morgan fingerprint density at radius 2 is 1.83 bits per heavy atom. The van der Waals surface area contributed by atoms with Crippen molar-refractivity contribution in [1.29, 1.82) is 0 Å². The molecule has 150 valence electrons. The number of carbonyl (C=O) groups is 1. The number of rotatable bonds is 6. The molecule has 0 N–H and O–H groups in total. The molecule has 0 unspecified atom stereocenters. The first-order valence-electron chi connectivity index (χ1n) is 9.15. The summed E-state index contributed by atoms with van der Waals surface area (Å²) in [5.41, 5.74) is 1.40. The molecule has 0 saturated heterocycles. The highest BCUT2D eigenvalue weighted by molar-refractivity contribution is 7.99. The summed E-state index contributed by atoms with van der Waals surface area (Å²) >= 11 is 7.57. The average Bonchev–Trinajstić information content (AvgIpc) is 2.78. The Hall–Kier alpha value is -3.09. The molecule has 0 radical (unpaired) electrons. The van der Waals surface area contributed by atoms with Gasteiger partial charge in [-0.1, -0.05) is 59.8 Å². The van der Waals surface area contributed by atoms with Crippen LogP contribution in [0.5, 0.6) is 5.75 Å². The van der Waals surface area contributed by atoms with E-state index in [1.54, 1.807) is 73.8 Å². The highest BCUT2D eigenvalue weighted by atomic mass is 35.5. The van der Waals surface area contributed by atoms with Gasteiger partial charge in [0, 0.05) is 5.56 Å². The first-order chi connectivity index (χ1) is 14.6. The summed E-state index contributed by atoms with van der Waals surface area (Å²) in [6, 6.07) is 21.2. The Morgan fingerprint density at radius 3 is 2.63 bits per heavy atom. The summed E-state index contributed by atoms with van der Waals surface area (Å²) in [4.78, 5) is 30.6. The molecule has 0 aliphatic heterocycles. The lowest BCUT2D eigenvalue weighted by Gasteiger charge is -2.14. The van der Waals surface area contributed by atoms with E-state index in [9.17, 15) is 9.59 Å². The monoisotopic (exact) mass is 436 g/mol. The van der Waals surface area contributed by atoms with Crippen molar-refractivity contribution in [3.63, 3.8) is 0 Å². The number of carbonyl (C=O) groups excluding carboxylic acids is 1. The number of halogens is 1. The molecular formula is C23H17ClN2O3S. The normalized spacial score (nSPS) is 10.9. The smallest absolute Gasteiger partial charge is 0.266 e. The van der Waals surface area contributed by atoms with E-state index >= 15 is 0 Å². The topological polar surface area (TPSA) is 61.2 Å². The number of thioether (sulfide) groups is 1.